The van der Waals surface area contributed by atoms with Gasteiger partial charge < -0.3 is 15.3 Å². The molecule has 0 bridgehead atoms. The zero-order valence-corrected chi connectivity index (χ0v) is 14.9. The van der Waals surface area contributed by atoms with E-state index in [0.717, 1.165) is 25.8 Å². The van der Waals surface area contributed by atoms with Crippen molar-refractivity contribution in [3.8, 4) is 0 Å². The third-order valence-corrected chi connectivity index (χ3v) is 5.46. The van der Waals surface area contributed by atoms with Crippen molar-refractivity contribution in [2.24, 2.45) is 0 Å². The number of sulfone groups is 1. The van der Waals surface area contributed by atoms with E-state index in [1.54, 1.807) is 17.0 Å². The van der Waals surface area contributed by atoms with E-state index < -0.39 is 9.84 Å². The number of amides is 2. The molecule has 2 rings (SSSR count). The summed E-state index contributed by atoms with van der Waals surface area (Å²) in [5, 5.41) is 12.1. The van der Waals surface area contributed by atoms with Crippen molar-refractivity contribution in [1.82, 2.24) is 9.80 Å². The Labute approximate surface area is 143 Å². The number of rotatable bonds is 5. The Kier molecular flexibility index (Phi) is 6.20. The van der Waals surface area contributed by atoms with Crippen LogP contribution in [0.2, 0.25) is 0 Å². The monoisotopic (exact) mass is 355 g/mol. The number of aliphatic hydroxyl groups is 1. The Balaban J connectivity index is 1.90. The molecule has 24 heavy (non-hydrogen) atoms. The maximum atomic E-state index is 12.3. The summed E-state index contributed by atoms with van der Waals surface area (Å²) in [5.74, 6) is 0. The summed E-state index contributed by atoms with van der Waals surface area (Å²) in [5.41, 5.74) is 0.566. The Hall–Kier alpha value is -1.64. The van der Waals surface area contributed by atoms with Crippen LogP contribution in [0, 0.1) is 0 Å². The van der Waals surface area contributed by atoms with Crippen LogP contribution in [0.3, 0.4) is 0 Å². The quantitative estimate of drug-likeness (QED) is 0.823. The minimum absolute atomic E-state index is 0.134. The molecule has 0 aromatic heterocycles. The highest BCUT2D eigenvalue weighted by atomic mass is 32.2. The minimum atomic E-state index is -3.24. The molecule has 0 unspecified atom stereocenters. The van der Waals surface area contributed by atoms with E-state index >= 15 is 0 Å². The first-order chi connectivity index (χ1) is 11.3. The first-order valence-electron chi connectivity index (χ1n) is 8.06. The molecule has 0 spiro atoms. The molecule has 1 atom stereocenters. The van der Waals surface area contributed by atoms with Gasteiger partial charge in [0.25, 0.3) is 0 Å². The highest BCUT2D eigenvalue weighted by molar-refractivity contribution is 7.90. The number of benzene rings is 1. The van der Waals surface area contributed by atoms with E-state index in [1.807, 2.05) is 6.92 Å². The average molecular weight is 355 g/mol. The molecule has 1 aromatic carbocycles. The molecular formula is C16H25N3O4S. The van der Waals surface area contributed by atoms with Crippen LogP contribution in [-0.4, -0.2) is 74.4 Å². The summed E-state index contributed by atoms with van der Waals surface area (Å²) in [4.78, 5) is 16.4. The predicted octanol–water partition coefficient (Wildman–Crippen LogP) is 1.01. The van der Waals surface area contributed by atoms with Gasteiger partial charge in [0.2, 0.25) is 0 Å². The third kappa shape index (κ3) is 4.68. The van der Waals surface area contributed by atoms with Crippen molar-refractivity contribution in [2.75, 3.05) is 44.4 Å². The van der Waals surface area contributed by atoms with Gasteiger partial charge in [0.1, 0.15) is 0 Å². The summed E-state index contributed by atoms with van der Waals surface area (Å²) in [6.07, 6.45) is 2.03. The van der Waals surface area contributed by atoms with Gasteiger partial charge in [-0.25, -0.2) is 13.2 Å². The van der Waals surface area contributed by atoms with Gasteiger partial charge in [0, 0.05) is 44.2 Å². The van der Waals surface area contributed by atoms with Crippen LogP contribution in [0.5, 0.6) is 0 Å². The second-order valence-electron chi connectivity index (χ2n) is 5.99. The maximum absolute atomic E-state index is 12.3. The molecule has 1 fully saturated rings. The van der Waals surface area contributed by atoms with Crippen LogP contribution >= 0.6 is 0 Å². The Morgan fingerprint density at radius 3 is 2.25 bits per heavy atom. The van der Waals surface area contributed by atoms with Gasteiger partial charge in [0.15, 0.2) is 9.84 Å². The van der Waals surface area contributed by atoms with Crippen LogP contribution in [0.4, 0.5) is 10.5 Å². The molecule has 0 saturated carbocycles. The lowest BCUT2D eigenvalue weighted by Crippen LogP contribution is -2.53. The lowest BCUT2D eigenvalue weighted by Gasteiger charge is -2.38. The number of nitrogens with one attached hydrogen (secondary N) is 1. The van der Waals surface area contributed by atoms with E-state index in [2.05, 4.69) is 10.2 Å². The van der Waals surface area contributed by atoms with E-state index in [9.17, 15) is 18.3 Å². The highest BCUT2D eigenvalue weighted by Crippen LogP contribution is 2.15. The summed E-state index contributed by atoms with van der Waals surface area (Å²) in [6.45, 7) is 4.85. The Bertz CT molecular complexity index is 648. The summed E-state index contributed by atoms with van der Waals surface area (Å²) < 4.78 is 22.9. The highest BCUT2D eigenvalue weighted by Gasteiger charge is 2.24. The second-order valence-corrected chi connectivity index (χ2v) is 8.01. The fourth-order valence-corrected chi connectivity index (χ4v) is 3.41. The average Bonchev–Trinajstić information content (AvgIpc) is 2.56. The van der Waals surface area contributed by atoms with Crippen molar-refractivity contribution < 1.29 is 18.3 Å². The molecule has 8 heteroatoms. The summed E-state index contributed by atoms with van der Waals surface area (Å²) >= 11 is 0. The number of hydrogen-bond acceptors (Lipinski definition) is 5. The largest absolute Gasteiger partial charge is 0.395 e. The SMILES string of the molecule is CC[C@H](CO)N1CCN(C(=O)Nc2ccc(S(C)(=O)=O)cc2)CC1. The standard InChI is InChI=1S/C16H25N3O4S/c1-3-14(12-20)18-8-10-19(11-9-18)16(21)17-13-4-6-15(7-5-13)24(2,22)23/h4-7,14,20H,3,8-12H2,1-2H3,(H,17,21)/t14-/m1/s1. The number of urea groups is 1. The van der Waals surface area contributed by atoms with Crippen LogP contribution in [0.1, 0.15) is 13.3 Å². The van der Waals surface area contributed by atoms with Crippen molar-refractivity contribution in [1.29, 1.82) is 0 Å². The fraction of sp³-hybridized carbons (Fsp3) is 0.562. The number of piperazine rings is 1. The maximum Gasteiger partial charge on any atom is 0.321 e. The third-order valence-electron chi connectivity index (χ3n) is 4.33. The van der Waals surface area contributed by atoms with Gasteiger partial charge in [-0.15, -0.1) is 0 Å². The molecule has 1 heterocycles. The lowest BCUT2D eigenvalue weighted by atomic mass is 10.2. The van der Waals surface area contributed by atoms with Gasteiger partial charge in [-0.1, -0.05) is 6.92 Å². The molecule has 7 nitrogen and oxygen atoms in total. The van der Waals surface area contributed by atoms with E-state index in [0.29, 0.717) is 18.8 Å². The number of carbonyl (C=O) groups is 1. The number of carbonyl (C=O) groups excluding carboxylic acids is 1. The molecule has 0 radical (unpaired) electrons. The summed E-state index contributed by atoms with van der Waals surface area (Å²) in [7, 11) is -3.24. The zero-order valence-electron chi connectivity index (χ0n) is 14.1. The van der Waals surface area contributed by atoms with Crippen LogP contribution in [0.25, 0.3) is 0 Å². The number of hydrogen-bond donors (Lipinski definition) is 2. The molecule has 1 aliphatic rings. The molecule has 2 amide bonds. The number of anilines is 1. The van der Waals surface area contributed by atoms with E-state index in [-0.39, 0.29) is 23.6 Å². The van der Waals surface area contributed by atoms with Crippen molar-refractivity contribution in [3.05, 3.63) is 24.3 Å². The first kappa shape index (κ1) is 18.7. The molecule has 1 aliphatic heterocycles. The predicted molar refractivity (Wildman–Crippen MR) is 92.9 cm³/mol. The number of aliphatic hydroxyl groups excluding tert-OH is 1. The molecule has 1 aromatic rings. The normalized spacial score (nSPS) is 17.5. The number of nitrogens with zero attached hydrogens (tertiary/aromatic N) is 2. The second kappa shape index (κ2) is 7.96. The van der Waals surface area contributed by atoms with Crippen LogP contribution in [0.15, 0.2) is 29.2 Å². The molecular weight excluding hydrogens is 330 g/mol. The molecule has 0 aliphatic carbocycles. The minimum Gasteiger partial charge on any atom is -0.395 e. The van der Waals surface area contributed by atoms with Crippen molar-refractivity contribution >= 4 is 21.6 Å². The first-order valence-corrected chi connectivity index (χ1v) is 9.95. The lowest BCUT2D eigenvalue weighted by molar-refractivity contribution is 0.0766. The van der Waals surface area contributed by atoms with Gasteiger partial charge in [-0.05, 0) is 30.7 Å². The van der Waals surface area contributed by atoms with E-state index in [4.69, 9.17) is 0 Å². The molecule has 1 saturated heterocycles. The topological polar surface area (TPSA) is 89.9 Å². The van der Waals surface area contributed by atoms with Gasteiger partial charge >= 0.3 is 6.03 Å². The summed E-state index contributed by atoms with van der Waals surface area (Å²) in [6, 6.07) is 6.09. The van der Waals surface area contributed by atoms with Crippen LogP contribution < -0.4 is 5.32 Å². The smallest absolute Gasteiger partial charge is 0.321 e. The molecule has 2 N–H and O–H groups in total. The Morgan fingerprint density at radius 1 is 1.21 bits per heavy atom. The van der Waals surface area contributed by atoms with E-state index in [1.165, 1.54) is 12.1 Å². The zero-order chi connectivity index (χ0) is 17.7. The fourth-order valence-electron chi connectivity index (χ4n) is 2.78. The van der Waals surface area contributed by atoms with Gasteiger partial charge in [-0.2, -0.15) is 0 Å². The van der Waals surface area contributed by atoms with Gasteiger partial charge in [-0.3, -0.25) is 4.90 Å². The van der Waals surface area contributed by atoms with Gasteiger partial charge in [0.05, 0.1) is 11.5 Å². The Morgan fingerprint density at radius 2 is 1.79 bits per heavy atom. The van der Waals surface area contributed by atoms with Crippen molar-refractivity contribution in [2.45, 2.75) is 24.3 Å². The van der Waals surface area contributed by atoms with Crippen molar-refractivity contribution in [3.63, 3.8) is 0 Å². The van der Waals surface area contributed by atoms with Crippen LogP contribution in [-0.2, 0) is 9.84 Å². The molecule has 134 valence electrons.